The summed E-state index contributed by atoms with van der Waals surface area (Å²) >= 11 is 0. The molecule has 3 N–H and O–H groups in total. The topological polar surface area (TPSA) is 61.7 Å². The van der Waals surface area contributed by atoms with E-state index in [9.17, 15) is 5.11 Å². The minimum absolute atomic E-state index is 0.0957. The first-order chi connectivity index (χ1) is 10.1. The van der Waals surface area contributed by atoms with Crippen molar-refractivity contribution in [3.05, 3.63) is 29.8 Å². The molecule has 1 aromatic carbocycles. The van der Waals surface area contributed by atoms with Gasteiger partial charge in [-0.3, -0.25) is 0 Å². The zero-order valence-electron chi connectivity index (χ0n) is 13.0. The standard InChI is InChI=1S/C17H27NO3/c1-13(2)18-17(11-20,15-5-6-15)12-21-16-7-3-14(4-8-16)9-10-19/h3-4,7-8,13,15,18-20H,5-6,9-12H2,1-2H3. The lowest BCUT2D eigenvalue weighted by Gasteiger charge is -2.35. The second-order valence-corrected chi connectivity index (χ2v) is 6.29. The summed E-state index contributed by atoms with van der Waals surface area (Å²) in [6.45, 7) is 4.92. The molecule has 118 valence electrons. The number of ether oxygens (including phenoxy) is 1. The van der Waals surface area contributed by atoms with Gasteiger partial charge in [0.1, 0.15) is 12.4 Å². The molecule has 21 heavy (non-hydrogen) atoms. The largest absolute Gasteiger partial charge is 0.492 e. The molecule has 0 bridgehead atoms. The number of hydrogen-bond acceptors (Lipinski definition) is 4. The van der Waals surface area contributed by atoms with Crippen molar-refractivity contribution in [1.82, 2.24) is 5.32 Å². The van der Waals surface area contributed by atoms with Gasteiger partial charge in [0, 0.05) is 12.6 Å². The van der Waals surface area contributed by atoms with Gasteiger partial charge in [-0.25, -0.2) is 0 Å². The maximum Gasteiger partial charge on any atom is 0.119 e. The maximum atomic E-state index is 9.86. The first kappa shape index (κ1) is 16.3. The van der Waals surface area contributed by atoms with Gasteiger partial charge in [0.25, 0.3) is 0 Å². The normalized spacial score (nSPS) is 17.8. The SMILES string of the molecule is CC(C)NC(CO)(COc1ccc(CCO)cc1)C1CC1. The molecule has 0 spiro atoms. The van der Waals surface area contributed by atoms with Gasteiger partial charge >= 0.3 is 0 Å². The molecule has 1 aliphatic carbocycles. The predicted molar refractivity (Wildman–Crippen MR) is 83.5 cm³/mol. The van der Waals surface area contributed by atoms with Crippen molar-refractivity contribution >= 4 is 0 Å². The molecule has 1 unspecified atom stereocenters. The van der Waals surface area contributed by atoms with Crippen LogP contribution in [-0.4, -0.2) is 41.6 Å². The van der Waals surface area contributed by atoms with E-state index in [1.54, 1.807) is 0 Å². The quantitative estimate of drug-likeness (QED) is 0.649. The number of rotatable bonds is 9. The Morgan fingerprint density at radius 3 is 2.38 bits per heavy atom. The number of benzene rings is 1. The summed E-state index contributed by atoms with van der Waals surface area (Å²) in [5.41, 5.74) is 0.763. The van der Waals surface area contributed by atoms with Gasteiger partial charge in [0.2, 0.25) is 0 Å². The number of hydrogen-bond donors (Lipinski definition) is 3. The van der Waals surface area contributed by atoms with Crippen LogP contribution in [0.5, 0.6) is 5.75 Å². The Balaban J connectivity index is 1.97. The van der Waals surface area contributed by atoms with Gasteiger partial charge in [0.05, 0.1) is 12.1 Å². The van der Waals surface area contributed by atoms with E-state index < -0.39 is 0 Å². The van der Waals surface area contributed by atoms with Crippen LogP contribution < -0.4 is 10.1 Å². The Kier molecular flexibility index (Phi) is 5.62. The second kappa shape index (κ2) is 7.25. The zero-order chi connectivity index (χ0) is 15.3. The highest BCUT2D eigenvalue weighted by Crippen LogP contribution is 2.40. The first-order valence-electron chi connectivity index (χ1n) is 7.81. The smallest absolute Gasteiger partial charge is 0.119 e. The lowest BCUT2D eigenvalue weighted by molar-refractivity contribution is 0.0778. The summed E-state index contributed by atoms with van der Waals surface area (Å²) < 4.78 is 5.91. The minimum atomic E-state index is -0.335. The van der Waals surface area contributed by atoms with E-state index >= 15 is 0 Å². The van der Waals surface area contributed by atoms with Crippen LogP contribution in [0.15, 0.2) is 24.3 Å². The number of nitrogens with one attached hydrogen (secondary N) is 1. The van der Waals surface area contributed by atoms with Gasteiger partial charge < -0.3 is 20.3 Å². The first-order valence-corrected chi connectivity index (χ1v) is 7.81. The third kappa shape index (κ3) is 4.43. The summed E-state index contributed by atoms with van der Waals surface area (Å²) in [6.07, 6.45) is 2.97. The molecule has 1 aromatic rings. The summed E-state index contributed by atoms with van der Waals surface area (Å²) in [5, 5.41) is 22.3. The molecule has 0 amide bonds. The van der Waals surface area contributed by atoms with E-state index in [0.717, 1.165) is 24.2 Å². The van der Waals surface area contributed by atoms with E-state index in [1.165, 1.54) is 0 Å². The summed E-state index contributed by atoms with van der Waals surface area (Å²) in [4.78, 5) is 0. The minimum Gasteiger partial charge on any atom is -0.492 e. The van der Waals surface area contributed by atoms with E-state index in [4.69, 9.17) is 9.84 Å². The molecule has 0 saturated heterocycles. The Morgan fingerprint density at radius 1 is 1.24 bits per heavy atom. The molecule has 4 nitrogen and oxygen atoms in total. The van der Waals surface area contributed by atoms with Crippen LogP contribution in [0.3, 0.4) is 0 Å². The average molecular weight is 293 g/mol. The Bertz CT molecular complexity index is 428. The molecule has 0 aromatic heterocycles. The molecule has 1 saturated carbocycles. The third-order valence-corrected chi connectivity index (χ3v) is 4.04. The number of aliphatic hydroxyl groups excluding tert-OH is 2. The molecule has 4 heteroatoms. The van der Waals surface area contributed by atoms with Crippen LogP contribution in [0, 0.1) is 5.92 Å². The Labute approximate surface area is 127 Å². The van der Waals surface area contributed by atoms with E-state index in [-0.39, 0.29) is 18.8 Å². The average Bonchev–Trinajstić information content (AvgIpc) is 3.30. The van der Waals surface area contributed by atoms with Gasteiger partial charge in [-0.15, -0.1) is 0 Å². The molecular weight excluding hydrogens is 266 g/mol. The van der Waals surface area contributed by atoms with Crippen molar-refractivity contribution in [2.24, 2.45) is 5.92 Å². The lowest BCUT2D eigenvalue weighted by Crippen LogP contribution is -2.57. The molecular formula is C17H27NO3. The highest BCUT2D eigenvalue weighted by molar-refractivity contribution is 5.27. The highest BCUT2D eigenvalue weighted by Gasteiger charge is 2.45. The van der Waals surface area contributed by atoms with E-state index in [2.05, 4.69) is 19.2 Å². The summed E-state index contributed by atoms with van der Waals surface area (Å²) in [6, 6.07) is 8.11. The van der Waals surface area contributed by atoms with Crippen LogP contribution >= 0.6 is 0 Å². The monoisotopic (exact) mass is 293 g/mol. The maximum absolute atomic E-state index is 9.86. The Morgan fingerprint density at radius 2 is 1.90 bits per heavy atom. The summed E-state index contributed by atoms with van der Waals surface area (Å²) in [7, 11) is 0. The molecule has 1 fully saturated rings. The number of aliphatic hydroxyl groups is 2. The van der Waals surface area contributed by atoms with Gasteiger partial charge in [-0.2, -0.15) is 0 Å². The van der Waals surface area contributed by atoms with Crippen molar-refractivity contribution in [3.8, 4) is 5.75 Å². The molecule has 1 atom stereocenters. The molecule has 0 radical (unpaired) electrons. The van der Waals surface area contributed by atoms with E-state index in [1.807, 2.05) is 24.3 Å². The van der Waals surface area contributed by atoms with Crippen LogP contribution in [0.4, 0.5) is 0 Å². The molecule has 0 aliphatic heterocycles. The van der Waals surface area contributed by atoms with Crippen LogP contribution in [0.1, 0.15) is 32.3 Å². The van der Waals surface area contributed by atoms with Gasteiger partial charge in [-0.1, -0.05) is 26.0 Å². The van der Waals surface area contributed by atoms with Crippen molar-refractivity contribution in [3.63, 3.8) is 0 Å². The fourth-order valence-corrected chi connectivity index (χ4v) is 2.80. The second-order valence-electron chi connectivity index (χ2n) is 6.29. The van der Waals surface area contributed by atoms with Crippen LogP contribution in [0.2, 0.25) is 0 Å². The zero-order valence-corrected chi connectivity index (χ0v) is 13.0. The summed E-state index contributed by atoms with van der Waals surface area (Å²) in [5.74, 6) is 1.30. The fourth-order valence-electron chi connectivity index (χ4n) is 2.80. The van der Waals surface area contributed by atoms with Crippen molar-refractivity contribution in [2.45, 2.75) is 44.7 Å². The third-order valence-electron chi connectivity index (χ3n) is 4.04. The van der Waals surface area contributed by atoms with Crippen LogP contribution in [0.25, 0.3) is 0 Å². The van der Waals surface area contributed by atoms with Crippen LogP contribution in [-0.2, 0) is 6.42 Å². The van der Waals surface area contributed by atoms with Gasteiger partial charge in [-0.05, 0) is 42.9 Å². The molecule has 2 rings (SSSR count). The van der Waals surface area contributed by atoms with Crippen molar-refractivity contribution in [1.29, 1.82) is 0 Å². The predicted octanol–water partition coefficient (Wildman–Crippen LogP) is 1.74. The highest BCUT2D eigenvalue weighted by atomic mass is 16.5. The Hall–Kier alpha value is -1.10. The van der Waals surface area contributed by atoms with Gasteiger partial charge in [0.15, 0.2) is 0 Å². The van der Waals surface area contributed by atoms with E-state index in [0.29, 0.717) is 25.0 Å². The lowest BCUT2D eigenvalue weighted by atomic mass is 9.94. The fraction of sp³-hybridized carbons (Fsp3) is 0.647. The molecule has 0 heterocycles. The van der Waals surface area contributed by atoms with Crippen molar-refractivity contribution < 1.29 is 14.9 Å². The van der Waals surface area contributed by atoms with Crippen molar-refractivity contribution in [2.75, 3.05) is 19.8 Å². The molecule has 1 aliphatic rings.